The zero-order chi connectivity index (χ0) is 13.8. The molecule has 0 spiro atoms. The highest BCUT2D eigenvalue weighted by Crippen LogP contribution is 2.29. The Morgan fingerprint density at radius 2 is 1.85 bits per heavy atom. The number of hydrogen-bond donors (Lipinski definition) is 1. The van der Waals surface area contributed by atoms with Crippen LogP contribution in [-0.4, -0.2) is 30.1 Å². The topological polar surface area (TPSA) is 15.3 Å². The summed E-state index contributed by atoms with van der Waals surface area (Å²) in [7, 11) is 0. The van der Waals surface area contributed by atoms with Crippen LogP contribution in [0.4, 0.5) is 0 Å². The van der Waals surface area contributed by atoms with Crippen molar-refractivity contribution in [1.29, 1.82) is 0 Å². The van der Waals surface area contributed by atoms with Gasteiger partial charge in [-0.15, -0.1) is 0 Å². The zero-order valence-corrected chi connectivity index (χ0v) is 12.7. The van der Waals surface area contributed by atoms with Crippen molar-refractivity contribution in [2.45, 2.75) is 63.6 Å². The van der Waals surface area contributed by atoms with Crippen molar-refractivity contribution in [2.24, 2.45) is 0 Å². The summed E-state index contributed by atoms with van der Waals surface area (Å²) in [4.78, 5) is 2.83. The lowest BCUT2D eigenvalue weighted by Crippen LogP contribution is -2.56. The second-order valence-electron chi connectivity index (χ2n) is 6.42. The predicted octanol–water partition coefficient (Wildman–Crippen LogP) is 3.74. The Hall–Kier alpha value is -0.860. The van der Waals surface area contributed by atoms with E-state index >= 15 is 0 Å². The second kappa shape index (κ2) is 6.73. The van der Waals surface area contributed by atoms with Gasteiger partial charge in [-0.05, 0) is 24.8 Å². The Bertz CT molecular complexity index is 397. The van der Waals surface area contributed by atoms with E-state index in [1.165, 1.54) is 50.6 Å². The van der Waals surface area contributed by atoms with Gasteiger partial charge >= 0.3 is 0 Å². The first-order valence-electron chi connectivity index (χ1n) is 8.42. The number of nitrogens with zero attached hydrogens (tertiary/aromatic N) is 1. The summed E-state index contributed by atoms with van der Waals surface area (Å²) in [6.07, 6.45) is 8.41. The molecule has 1 aliphatic carbocycles. The SMILES string of the molecule is CCC1CNC(c2ccccc2)CN1C1CCCCC1. The standard InChI is InChI=1S/C18H28N2/c1-2-16-13-19-18(15-9-5-3-6-10-15)14-20(16)17-11-7-4-8-12-17/h3,5-6,9-10,16-19H,2,4,7-8,11-14H2,1H3. The van der Waals surface area contributed by atoms with Crippen molar-refractivity contribution >= 4 is 0 Å². The third-order valence-corrected chi connectivity index (χ3v) is 5.18. The van der Waals surface area contributed by atoms with E-state index in [2.05, 4.69) is 47.5 Å². The molecule has 2 heteroatoms. The third-order valence-electron chi connectivity index (χ3n) is 5.18. The number of piperazine rings is 1. The van der Waals surface area contributed by atoms with Crippen LogP contribution < -0.4 is 5.32 Å². The van der Waals surface area contributed by atoms with E-state index in [0.717, 1.165) is 18.6 Å². The van der Waals surface area contributed by atoms with Crippen LogP contribution in [0.25, 0.3) is 0 Å². The second-order valence-corrected chi connectivity index (χ2v) is 6.42. The van der Waals surface area contributed by atoms with E-state index in [-0.39, 0.29) is 0 Å². The Morgan fingerprint density at radius 1 is 1.10 bits per heavy atom. The predicted molar refractivity (Wildman–Crippen MR) is 84.8 cm³/mol. The molecule has 2 fully saturated rings. The monoisotopic (exact) mass is 272 g/mol. The van der Waals surface area contributed by atoms with Crippen LogP contribution in [0.2, 0.25) is 0 Å². The first-order chi connectivity index (χ1) is 9.88. The molecule has 2 atom stereocenters. The molecule has 1 aromatic rings. The maximum Gasteiger partial charge on any atom is 0.0450 e. The Balaban J connectivity index is 1.72. The molecule has 1 aliphatic heterocycles. The molecule has 2 nitrogen and oxygen atoms in total. The molecule has 0 amide bonds. The highest BCUT2D eigenvalue weighted by molar-refractivity contribution is 5.20. The van der Waals surface area contributed by atoms with Crippen LogP contribution in [0.15, 0.2) is 30.3 Å². The average Bonchev–Trinajstić information content (AvgIpc) is 2.56. The zero-order valence-electron chi connectivity index (χ0n) is 12.7. The molecule has 110 valence electrons. The van der Waals surface area contributed by atoms with E-state index in [0.29, 0.717) is 6.04 Å². The molecule has 1 saturated heterocycles. The van der Waals surface area contributed by atoms with Crippen LogP contribution >= 0.6 is 0 Å². The lowest BCUT2D eigenvalue weighted by Gasteiger charge is -2.46. The van der Waals surface area contributed by atoms with Gasteiger partial charge in [-0.25, -0.2) is 0 Å². The van der Waals surface area contributed by atoms with Crippen LogP contribution in [0.1, 0.15) is 57.1 Å². The molecule has 3 rings (SSSR count). The normalized spacial score (nSPS) is 29.4. The van der Waals surface area contributed by atoms with Gasteiger partial charge in [0, 0.05) is 31.2 Å². The fraction of sp³-hybridized carbons (Fsp3) is 0.667. The quantitative estimate of drug-likeness (QED) is 0.901. The van der Waals surface area contributed by atoms with Crippen molar-refractivity contribution in [3.05, 3.63) is 35.9 Å². The molecule has 2 aliphatic rings. The molecular weight excluding hydrogens is 244 g/mol. The molecule has 1 N–H and O–H groups in total. The fourth-order valence-electron chi connectivity index (χ4n) is 3.97. The minimum absolute atomic E-state index is 0.515. The van der Waals surface area contributed by atoms with Crippen molar-refractivity contribution in [2.75, 3.05) is 13.1 Å². The summed E-state index contributed by atoms with van der Waals surface area (Å²) < 4.78 is 0. The van der Waals surface area contributed by atoms with Crippen molar-refractivity contribution in [3.63, 3.8) is 0 Å². The minimum atomic E-state index is 0.515. The smallest absolute Gasteiger partial charge is 0.0450 e. The fourth-order valence-corrected chi connectivity index (χ4v) is 3.97. The Labute approximate surface area is 123 Å². The van der Waals surface area contributed by atoms with E-state index in [1.54, 1.807) is 0 Å². The van der Waals surface area contributed by atoms with Crippen molar-refractivity contribution < 1.29 is 0 Å². The number of nitrogens with one attached hydrogen (secondary N) is 1. The number of rotatable bonds is 3. The third kappa shape index (κ3) is 3.07. The highest BCUT2D eigenvalue weighted by atomic mass is 15.3. The Kier molecular flexibility index (Phi) is 4.74. The van der Waals surface area contributed by atoms with Gasteiger partial charge in [-0.3, -0.25) is 4.90 Å². The lowest BCUT2D eigenvalue weighted by atomic mass is 9.90. The van der Waals surface area contributed by atoms with E-state index in [1.807, 2.05) is 0 Å². The van der Waals surface area contributed by atoms with Gasteiger partial charge in [-0.1, -0.05) is 56.5 Å². The van der Waals surface area contributed by atoms with Crippen molar-refractivity contribution in [1.82, 2.24) is 10.2 Å². The first kappa shape index (κ1) is 14.1. The summed E-state index contributed by atoms with van der Waals surface area (Å²) in [5.74, 6) is 0. The molecular formula is C18H28N2. The maximum absolute atomic E-state index is 3.76. The first-order valence-corrected chi connectivity index (χ1v) is 8.42. The summed E-state index contributed by atoms with van der Waals surface area (Å²) in [5, 5.41) is 3.76. The summed E-state index contributed by atoms with van der Waals surface area (Å²) >= 11 is 0. The summed E-state index contributed by atoms with van der Waals surface area (Å²) in [6, 6.07) is 13.1. The van der Waals surface area contributed by atoms with Gasteiger partial charge in [0.1, 0.15) is 0 Å². The molecule has 1 saturated carbocycles. The molecule has 0 radical (unpaired) electrons. The largest absolute Gasteiger partial charge is 0.307 e. The van der Waals surface area contributed by atoms with Crippen molar-refractivity contribution in [3.8, 4) is 0 Å². The summed E-state index contributed by atoms with van der Waals surface area (Å²) in [5.41, 5.74) is 1.45. The van der Waals surface area contributed by atoms with Gasteiger partial charge in [0.05, 0.1) is 0 Å². The van der Waals surface area contributed by atoms with E-state index in [4.69, 9.17) is 0 Å². The lowest BCUT2D eigenvalue weighted by molar-refractivity contribution is 0.0593. The summed E-state index contributed by atoms with van der Waals surface area (Å²) in [6.45, 7) is 4.67. The molecule has 0 aromatic heterocycles. The van der Waals surface area contributed by atoms with Gasteiger partial charge in [0.25, 0.3) is 0 Å². The van der Waals surface area contributed by atoms with Gasteiger partial charge in [-0.2, -0.15) is 0 Å². The number of hydrogen-bond acceptors (Lipinski definition) is 2. The van der Waals surface area contributed by atoms with Gasteiger partial charge < -0.3 is 5.32 Å². The average molecular weight is 272 g/mol. The molecule has 1 aromatic carbocycles. The van der Waals surface area contributed by atoms with E-state index < -0.39 is 0 Å². The van der Waals surface area contributed by atoms with Crippen LogP contribution in [0.5, 0.6) is 0 Å². The van der Waals surface area contributed by atoms with Crippen LogP contribution in [0, 0.1) is 0 Å². The molecule has 1 heterocycles. The van der Waals surface area contributed by atoms with Crippen LogP contribution in [0.3, 0.4) is 0 Å². The minimum Gasteiger partial charge on any atom is -0.307 e. The van der Waals surface area contributed by atoms with Gasteiger partial charge in [0.2, 0.25) is 0 Å². The molecule has 2 unspecified atom stereocenters. The van der Waals surface area contributed by atoms with Crippen LogP contribution in [-0.2, 0) is 0 Å². The maximum atomic E-state index is 3.76. The Morgan fingerprint density at radius 3 is 2.55 bits per heavy atom. The number of benzene rings is 1. The van der Waals surface area contributed by atoms with E-state index in [9.17, 15) is 0 Å². The molecule has 20 heavy (non-hydrogen) atoms. The highest BCUT2D eigenvalue weighted by Gasteiger charge is 2.32. The van der Waals surface area contributed by atoms with Gasteiger partial charge in [0.15, 0.2) is 0 Å². The molecule has 0 bridgehead atoms.